The van der Waals surface area contributed by atoms with E-state index in [-0.39, 0.29) is 0 Å². The first kappa shape index (κ1) is 9.75. The van der Waals surface area contributed by atoms with Crippen LogP contribution in [0.25, 0.3) is 0 Å². The van der Waals surface area contributed by atoms with Crippen molar-refractivity contribution in [3.8, 4) is 0 Å². The number of carbonyl (C=O) groups is 1. The number of nitrogens with one attached hydrogen (secondary N) is 1. The van der Waals surface area contributed by atoms with E-state index >= 15 is 0 Å². The molecule has 1 aliphatic heterocycles. The summed E-state index contributed by atoms with van der Waals surface area (Å²) >= 11 is 0. The predicted molar refractivity (Wildman–Crippen MR) is 56.9 cm³/mol. The first-order chi connectivity index (χ1) is 6.81. The van der Waals surface area contributed by atoms with Crippen LogP contribution >= 0.6 is 0 Å². The zero-order valence-electron chi connectivity index (χ0n) is 8.94. The van der Waals surface area contributed by atoms with Gasteiger partial charge in [0.2, 0.25) is 0 Å². The quantitative estimate of drug-likeness (QED) is 0.730. The van der Waals surface area contributed by atoms with Crippen molar-refractivity contribution < 1.29 is 4.79 Å². The van der Waals surface area contributed by atoms with Crippen molar-refractivity contribution in [2.75, 3.05) is 0 Å². The van der Waals surface area contributed by atoms with Gasteiger partial charge < -0.3 is 5.32 Å². The highest BCUT2D eigenvalue weighted by Gasteiger charge is 2.26. The molecule has 78 valence electrons. The smallest absolute Gasteiger partial charge is 0.160 e. The van der Waals surface area contributed by atoms with E-state index in [4.69, 9.17) is 0 Å². The van der Waals surface area contributed by atoms with E-state index in [1.54, 1.807) is 0 Å². The summed E-state index contributed by atoms with van der Waals surface area (Å²) in [6, 6.07) is 0.629. The van der Waals surface area contributed by atoms with Crippen LogP contribution in [0.15, 0.2) is 11.3 Å². The van der Waals surface area contributed by atoms with Crippen molar-refractivity contribution in [2.45, 2.75) is 57.9 Å². The van der Waals surface area contributed by atoms with E-state index in [0.29, 0.717) is 11.8 Å². The molecule has 0 saturated heterocycles. The van der Waals surface area contributed by atoms with Crippen LogP contribution in [0.1, 0.15) is 51.9 Å². The van der Waals surface area contributed by atoms with E-state index in [1.807, 2.05) is 0 Å². The molecule has 2 rings (SSSR count). The lowest BCUT2D eigenvalue weighted by Gasteiger charge is -2.31. The topological polar surface area (TPSA) is 29.1 Å². The summed E-state index contributed by atoms with van der Waals surface area (Å²) in [5.74, 6) is 0.397. The highest BCUT2D eigenvalue weighted by atomic mass is 16.1. The molecule has 0 saturated carbocycles. The van der Waals surface area contributed by atoms with Crippen molar-refractivity contribution >= 4 is 5.78 Å². The fourth-order valence-electron chi connectivity index (χ4n) is 2.55. The molecule has 0 radical (unpaired) electrons. The highest BCUT2D eigenvalue weighted by molar-refractivity contribution is 5.96. The lowest BCUT2D eigenvalue weighted by atomic mass is 9.86. The zero-order chi connectivity index (χ0) is 9.97. The maximum absolute atomic E-state index is 11.6. The number of carbonyl (C=O) groups excluding carboxylic acids is 1. The van der Waals surface area contributed by atoms with Gasteiger partial charge in [0.25, 0.3) is 0 Å². The van der Waals surface area contributed by atoms with Crippen LogP contribution in [-0.4, -0.2) is 11.8 Å². The molecule has 0 bridgehead atoms. The lowest BCUT2D eigenvalue weighted by Crippen LogP contribution is -2.36. The number of ketones is 1. The van der Waals surface area contributed by atoms with Crippen LogP contribution < -0.4 is 5.32 Å². The largest absolute Gasteiger partial charge is 0.385 e. The maximum Gasteiger partial charge on any atom is 0.160 e. The van der Waals surface area contributed by atoms with Crippen LogP contribution in [0.4, 0.5) is 0 Å². The molecule has 2 heteroatoms. The van der Waals surface area contributed by atoms with E-state index in [2.05, 4.69) is 12.2 Å². The molecule has 1 atom stereocenters. The monoisotopic (exact) mass is 193 g/mol. The maximum atomic E-state index is 11.6. The summed E-state index contributed by atoms with van der Waals surface area (Å²) in [6.45, 7) is 2.22. The Balaban J connectivity index is 2.07. The second kappa shape index (κ2) is 4.16. The molecule has 0 spiro atoms. The highest BCUT2D eigenvalue weighted by Crippen LogP contribution is 2.29. The third kappa shape index (κ3) is 1.84. The van der Waals surface area contributed by atoms with Crippen LogP contribution in [0, 0.1) is 0 Å². The molecule has 0 aromatic carbocycles. The van der Waals surface area contributed by atoms with Gasteiger partial charge in [-0.25, -0.2) is 0 Å². The number of rotatable bonds is 2. The molecular weight excluding hydrogens is 174 g/mol. The van der Waals surface area contributed by atoms with Crippen LogP contribution in [0.2, 0.25) is 0 Å². The van der Waals surface area contributed by atoms with Crippen molar-refractivity contribution in [3.05, 3.63) is 11.3 Å². The summed E-state index contributed by atoms with van der Waals surface area (Å²) < 4.78 is 0. The molecule has 0 aromatic rings. The fourth-order valence-corrected chi connectivity index (χ4v) is 2.55. The van der Waals surface area contributed by atoms with Crippen molar-refractivity contribution in [3.63, 3.8) is 0 Å². The minimum atomic E-state index is 0.397. The van der Waals surface area contributed by atoms with Crippen LogP contribution in [0.5, 0.6) is 0 Å². The molecule has 1 unspecified atom stereocenters. The Labute approximate surface area is 85.8 Å². The third-order valence-electron chi connectivity index (χ3n) is 3.29. The number of hydrogen-bond acceptors (Lipinski definition) is 2. The molecule has 14 heavy (non-hydrogen) atoms. The van der Waals surface area contributed by atoms with Crippen LogP contribution in [-0.2, 0) is 4.79 Å². The standard InChI is InChI=1S/C12H19NO/c1-2-4-9-7-8-10-11(13-9)5-3-6-12(10)14/h9,13H,2-8H2,1H3. The molecule has 2 aliphatic rings. The lowest BCUT2D eigenvalue weighted by molar-refractivity contribution is -0.116. The minimum Gasteiger partial charge on any atom is -0.385 e. The Morgan fingerprint density at radius 1 is 1.36 bits per heavy atom. The Hall–Kier alpha value is -0.790. The summed E-state index contributed by atoms with van der Waals surface area (Å²) in [6.07, 6.45) is 7.56. The molecule has 0 aromatic heterocycles. The van der Waals surface area contributed by atoms with Gasteiger partial charge in [-0.1, -0.05) is 13.3 Å². The van der Waals surface area contributed by atoms with Gasteiger partial charge in [0.1, 0.15) is 0 Å². The number of allylic oxidation sites excluding steroid dienone is 2. The van der Waals surface area contributed by atoms with Crippen LogP contribution in [0.3, 0.4) is 0 Å². The molecule has 0 fully saturated rings. The van der Waals surface area contributed by atoms with Gasteiger partial charge in [-0.3, -0.25) is 4.79 Å². The average molecular weight is 193 g/mol. The number of hydrogen-bond donors (Lipinski definition) is 1. The van der Waals surface area contributed by atoms with E-state index in [0.717, 1.165) is 37.7 Å². The molecule has 1 heterocycles. The van der Waals surface area contributed by atoms with E-state index in [1.165, 1.54) is 18.5 Å². The van der Waals surface area contributed by atoms with Gasteiger partial charge >= 0.3 is 0 Å². The summed E-state index contributed by atoms with van der Waals surface area (Å²) in [5.41, 5.74) is 2.38. The summed E-state index contributed by atoms with van der Waals surface area (Å²) in [5, 5.41) is 3.55. The SMILES string of the molecule is CCCC1CCC2=C(CCCC2=O)N1. The van der Waals surface area contributed by atoms with Gasteiger partial charge in [0, 0.05) is 23.7 Å². The second-order valence-electron chi connectivity index (χ2n) is 4.40. The predicted octanol–water partition coefficient (Wildman–Crippen LogP) is 2.55. The Morgan fingerprint density at radius 2 is 2.21 bits per heavy atom. The molecule has 1 aliphatic carbocycles. The molecule has 0 amide bonds. The van der Waals surface area contributed by atoms with E-state index < -0.39 is 0 Å². The van der Waals surface area contributed by atoms with Crippen molar-refractivity contribution in [2.24, 2.45) is 0 Å². The van der Waals surface area contributed by atoms with Gasteiger partial charge in [0.15, 0.2) is 5.78 Å². The second-order valence-corrected chi connectivity index (χ2v) is 4.40. The Bertz CT molecular complexity index is 267. The van der Waals surface area contributed by atoms with Gasteiger partial charge in [0.05, 0.1) is 0 Å². The zero-order valence-corrected chi connectivity index (χ0v) is 8.94. The normalized spacial score (nSPS) is 27.2. The minimum absolute atomic E-state index is 0.397. The Morgan fingerprint density at radius 3 is 3.00 bits per heavy atom. The molecule has 1 N–H and O–H groups in total. The third-order valence-corrected chi connectivity index (χ3v) is 3.29. The van der Waals surface area contributed by atoms with Crippen molar-refractivity contribution in [1.82, 2.24) is 5.32 Å². The van der Waals surface area contributed by atoms with Gasteiger partial charge in [-0.15, -0.1) is 0 Å². The van der Waals surface area contributed by atoms with E-state index in [9.17, 15) is 4.79 Å². The Kier molecular flexibility index (Phi) is 2.90. The van der Waals surface area contributed by atoms with Gasteiger partial charge in [-0.2, -0.15) is 0 Å². The van der Waals surface area contributed by atoms with Crippen molar-refractivity contribution in [1.29, 1.82) is 0 Å². The number of Topliss-reactive ketones (excluding diaryl/α,β-unsaturated/α-hetero) is 1. The fraction of sp³-hybridized carbons (Fsp3) is 0.750. The summed E-state index contributed by atoms with van der Waals surface area (Å²) in [4.78, 5) is 11.6. The molecular formula is C12H19NO. The molecule has 2 nitrogen and oxygen atoms in total. The average Bonchev–Trinajstić information content (AvgIpc) is 2.18. The van der Waals surface area contributed by atoms with Gasteiger partial charge in [-0.05, 0) is 32.1 Å². The first-order valence-corrected chi connectivity index (χ1v) is 5.83. The summed E-state index contributed by atoms with van der Waals surface area (Å²) in [7, 11) is 0. The first-order valence-electron chi connectivity index (χ1n) is 5.83.